The minimum Gasteiger partial charge on any atom is -0.200 e. The van der Waals surface area contributed by atoms with E-state index in [4.69, 9.17) is 0 Å². The molecule has 212 valence electrons. The van der Waals surface area contributed by atoms with Gasteiger partial charge in [0, 0.05) is 9.84 Å². The van der Waals surface area contributed by atoms with Crippen LogP contribution in [0.5, 0.6) is 0 Å². The first-order chi connectivity index (χ1) is 15.1. The third kappa shape index (κ3) is 5.55. The average molecular weight is 672 g/mol. The molecule has 0 N–H and O–H groups in total. The molecule has 0 aliphatic carbocycles. The molecule has 0 saturated heterocycles. The molecular weight excluding hydrogens is 654 g/mol. The second-order valence-electron chi connectivity index (χ2n) is 7.79. The summed E-state index contributed by atoms with van der Waals surface area (Å²) >= 11 is 1.10. The Balaban J connectivity index is 6.58. The Kier molecular flexibility index (Phi) is 9.89. The van der Waals surface area contributed by atoms with E-state index < -0.39 is 70.3 Å². The molecular formula is C17H18F17I. The summed E-state index contributed by atoms with van der Waals surface area (Å²) in [5.41, 5.74) is 0. The standard InChI is InChI=1S/C17H18F17I/c1-3-5-6-7-9(35,4-2)8-10(18,19)11(20,21)12(22,23)13(24,25)14(26,27)15(28,29)16(30,31)17(32,33)34/h3-8H2,1-2H3. The van der Waals surface area contributed by atoms with Gasteiger partial charge in [0.05, 0.1) is 0 Å². The van der Waals surface area contributed by atoms with Crippen LogP contribution in [0.15, 0.2) is 0 Å². The first-order valence-electron chi connectivity index (χ1n) is 9.48. The molecule has 0 rings (SSSR count). The molecule has 18 heteroatoms. The van der Waals surface area contributed by atoms with Gasteiger partial charge < -0.3 is 0 Å². The van der Waals surface area contributed by atoms with Crippen LogP contribution in [-0.4, -0.2) is 51.1 Å². The van der Waals surface area contributed by atoms with Crippen LogP contribution < -0.4 is 0 Å². The number of hydrogen-bond acceptors (Lipinski definition) is 0. The van der Waals surface area contributed by atoms with Crippen molar-refractivity contribution in [2.24, 2.45) is 0 Å². The maximum Gasteiger partial charge on any atom is 0.460 e. The van der Waals surface area contributed by atoms with E-state index in [1.807, 2.05) is 0 Å². The molecule has 0 aromatic carbocycles. The Morgan fingerprint density at radius 3 is 1.14 bits per heavy atom. The number of hydrogen-bond donors (Lipinski definition) is 0. The zero-order valence-corrected chi connectivity index (χ0v) is 19.7. The minimum absolute atomic E-state index is 0.0400. The highest BCUT2D eigenvalue weighted by Gasteiger charge is 2.95. The second-order valence-corrected chi connectivity index (χ2v) is 10.1. The van der Waals surface area contributed by atoms with Gasteiger partial charge in [0.1, 0.15) is 0 Å². The fourth-order valence-corrected chi connectivity index (χ4v) is 3.65. The molecule has 1 atom stereocenters. The summed E-state index contributed by atoms with van der Waals surface area (Å²) in [5.74, 6) is -55.9. The minimum atomic E-state index is -8.59. The van der Waals surface area contributed by atoms with Gasteiger partial charge in [0.15, 0.2) is 0 Å². The van der Waals surface area contributed by atoms with Crippen LogP contribution in [0.2, 0.25) is 0 Å². The van der Waals surface area contributed by atoms with Crippen LogP contribution in [0.1, 0.15) is 52.4 Å². The molecule has 0 aliphatic heterocycles. The van der Waals surface area contributed by atoms with Crippen molar-refractivity contribution < 1.29 is 74.6 Å². The zero-order valence-electron chi connectivity index (χ0n) is 17.5. The Bertz CT molecular complexity index is 712. The maximum atomic E-state index is 14.2. The predicted octanol–water partition coefficient (Wildman–Crippen LogP) is 9.55. The quantitative estimate of drug-likeness (QED) is 0.0792. The Hall–Kier alpha value is -0.460. The molecule has 0 aromatic rings. The van der Waals surface area contributed by atoms with E-state index in [1.165, 1.54) is 0 Å². The molecule has 0 aromatic heterocycles. The van der Waals surface area contributed by atoms with E-state index in [-0.39, 0.29) is 6.42 Å². The van der Waals surface area contributed by atoms with Crippen LogP contribution in [0.3, 0.4) is 0 Å². The summed E-state index contributed by atoms with van der Waals surface area (Å²) < 4.78 is 225. The molecule has 0 heterocycles. The van der Waals surface area contributed by atoms with Crippen molar-refractivity contribution in [2.45, 2.75) is 103 Å². The number of rotatable bonds is 13. The summed E-state index contributed by atoms with van der Waals surface area (Å²) in [6, 6.07) is 0. The van der Waals surface area contributed by atoms with E-state index in [1.54, 1.807) is 6.92 Å². The fraction of sp³-hybridized carbons (Fsp3) is 1.00. The topological polar surface area (TPSA) is 0 Å². The highest BCUT2D eigenvalue weighted by Crippen LogP contribution is 2.64. The van der Waals surface area contributed by atoms with Crippen LogP contribution in [0, 0.1) is 0 Å². The van der Waals surface area contributed by atoms with Gasteiger partial charge in [-0.05, 0) is 12.8 Å². The zero-order chi connectivity index (χ0) is 28.7. The smallest absolute Gasteiger partial charge is 0.200 e. The lowest BCUT2D eigenvalue weighted by Crippen LogP contribution is -2.74. The first-order valence-corrected chi connectivity index (χ1v) is 10.6. The number of unbranched alkanes of at least 4 members (excludes halogenated alkanes) is 2. The summed E-state index contributed by atoms with van der Waals surface area (Å²) in [7, 11) is 0. The van der Waals surface area contributed by atoms with Crippen molar-refractivity contribution in [2.75, 3.05) is 0 Å². The molecule has 0 nitrogen and oxygen atoms in total. The maximum absolute atomic E-state index is 14.2. The predicted molar refractivity (Wildman–Crippen MR) is 96.5 cm³/mol. The van der Waals surface area contributed by atoms with Gasteiger partial charge in [0.2, 0.25) is 0 Å². The first kappa shape index (κ1) is 34.5. The van der Waals surface area contributed by atoms with Gasteiger partial charge in [-0.2, -0.15) is 74.6 Å². The van der Waals surface area contributed by atoms with Gasteiger partial charge in [-0.1, -0.05) is 55.7 Å². The van der Waals surface area contributed by atoms with E-state index >= 15 is 0 Å². The van der Waals surface area contributed by atoms with Crippen LogP contribution in [0.25, 0.3) is 0 Å². The van der Waals surface area contributed by atoms with Crippen molar-refractivity contribution in [3.05, 3.63) is 0 Å². The van der Waals surface area contributed by atoms with Gasteiger partial charge in [0.25, 0.3) is 0 Å². The molecule has 0 bridgehead atoms. The molecule has 0 amide bonds. The van der Waals surface area contributed by atoms with Crippen molar-refractivity contribution in [3.8, 4) is 0 Å². The van der Waals surface area contributed by atoms with E-state index in [0.717, 1.165) is 29.5 Å². The summed E-state index contributed by atoms with van der Waals surface area (Å²) in [5, 5.41) is 0. The monoisotopic (exact) mass is 672 g/mol. The largest absolute Gasteiger partial charge is 0.460 e. The molecule has 0 radical (unpaired) electrons. The number of alkyl halides is 18. The SMILES string of the molecule is CCCCCC(I)(CC)CC(F)(F)C(F)(F)C(F)(F)C(F)(F)C(F)(F)C(F)(F)C(F)(F)C(F)(F)F. The molecule has 0 spiro atoms. The van der Waals surface area contributed by atoms with Crippen LogP contribution in [0.4, 0.5) is 74.6 Å². The average Bonchev–Trinajstić information content (AvgIpc) is 2.65. The third-order valence-corrected chi connectivity index (χ3v) is 6.87. The van der Waals surface area contributed by atoms with Crippen molar-refractivity contribution >= 4 is 22.6 Å². The highest BCUT2D eigenvalue weighted by atomic mass is 127. The lowest BCUT2D eigenvalue weighted by Gasteiger charge is -2.43. The van der Waals surface area contributed by atoms with Gasteiger partial charge in [-0.25, -0.2) is 0 Å². The molecule has 0 aliphatic rings. The lowest BCUT2D eigenvalue weighted by atomic mass is 9.84. The fourth-order valence-electron chi connectivity index (χ4n) is 2.79. The van der Waals surface area contributed by atoms with Gasteiger partial charge >= 0.3 is 47.6 Å². The highest BCUT2D eigenvalue weighted by molar-refractivity contribution is 14.1. The summed E-state index contributed by atoms with van der Waals surface area (Å²) in [6.07, 6.45) is -10.2. The van der Waals surface area contributed by atoms with E-state index in [2.05, 4.69) is 0 Å². The lowest BCUT2D eigenvalue weighted by molar-refractivity contribution is -0.462. The second kappa shape index (κ2) is 10.0. The van der Waals surface area contributed by atoms with Gasteiger partial charge in [-0.3, -0.25) is 0 Å². The van der Waals surface area contributed by atoms with Crippen LogP contribution in [-0.2, 0) is 0 Å². The van der Waals surface area contributed by atoms with E-state index in [9.17, 15) is 74.6 Å². The Labute approximate surface area is 201 Å². The van der Waals surface area contributed by atoms with Gasteiger partial charge in [-0.15, -0.1) is 0 Å². The molecule has 0 fully saturated rings. The Morgan fingerprint density at radius 1 is 0.486 bits per heavy atom. The third-order valence-electron chi connectivity index (χ3n) is 5.19. The summed E-state index contributed by atoms with van der Waals surface area (Å²) in [4.78, 5) is 0. The number of halogens is 18. The molecule has 35 heavy (non-hydrogen) atoms. The van der Waals surface area contributed by atoms with E-state index in [0.29, 0.717) is 12.8 Å². The van der Waals surface area contributed by atoms with Crippen molar-refractivity contribution in [3.63, 3.8) is 0 Å². The summed E-state index contributed by atoms with van der Waals surface area (Å²) in [6.45, 7) is 2.71. The normalized spacial score (nSPS) is 17.5. The molecule has 0 saturated carbocycles. The van der Waals surface area contributed by atoms with Crippen molar-refractivity contribution in [1.29, 1.82) is 0 Å². The van der Waals surface area contributed by atoms with Crippen molar-refractivity contribution in [1.82, 2.24) is 0 Å². The molecule has 1 unspecified atom stereocenters. The Morgan fingerprint density at radius 2 is 0.829 bits per heavy atom. The van der Waals surface area contributed by atoms with Crippen LogP contribution >= 0.6 is 22.6 Å².